The van der Waals surface area contributed by atoms with E-state index >= 15 is 0 Å². The van der Waals surface area contributed by atoms with Gasteiger partial charge in [0.2, 0.25) is 0 Å². The third-order valence-electron chi connectivity index (χ3n) is 3.45. The molecule has 0 aliphatic heterocycles. The number of hydrogen-bond acceptors (Lipinski definition) is 2. The molecule has 1 unspecified atom stereocenters. The molecular weight excluding hydrogens is 263 g/mol. The minimum Gasteiger partial charge on any atom is -0.383 e. The standard InChI is InChI=1S/C18H19FN2/c1-13-4-3-5-15(10-13)7-6-14(2)21-17-8-9-18(19)16(11-17)12-20/h3-5,8-11,14,21H,6-7H2,1-2H3. The Morgan fingerprint density at radius 2 is 2.05 bits per heavy atom. The first-order valence-electron chi connectivity index (χ1n) is 7.10. The Balaban J connectivity index is 1.93. The number of aryl methyl sites for hydroxylation is 2. The maximum atomic E-state index is 13.3. The van der Waals surface area contributed by atoms with E-state index in [1.54, 1.807) is 12.1 Å². The first kappa shape index (κ1) is 15.1. The van der Waals surface area contributed by atoms with E-state index in [-0.39, 0.29) is 11.6 Å². The molecule has 0 aromatic heterocycles. The molecule has 2 nitrogen and oxygen atoms in total. The Morgan fingerprint density at radius 3 is 2.76 bits per heavy atom. The highest BCUT2D eigenvalue weighted by atomic mass is 19.1. The highest BCUT2D eigenvalue weighted by molar-refractivity contribution is 5.50. The average Bonchev–Trinajstić information content (AvgIpc) is 2.47. The van der Waals surface area contributed by atoms with Crippen LogP contribution in [0.3, 0.4) is 0 Å². The molecule has 0 aliphatic carbocycles. The zero-order valence-corrected chi connectivity index (χ0v) is 12.4. The lowest BCUT2D eigenvalue weighted by Gasteiger charge is -2.15. The maximum Gasteiger partial charge on any atom is 0.141 e. The van der Waals surface area contributed by atoms with Crippen LogP contribution in [0.4, 0.5) is 10.1 Å². The van der Waals surface area contributed by atoms with Crippen LogP contribution < -0.4 is 5.32 Å². The van der Waals surface area contributed by atoms with Crippen molar-refractivity contribution < 1.29 is 4.39 Å². The smallest absolute Gasteiger partial charge is 0.141 e. The number of benzene rings is 2. The summed E-state index contributed by atoms with van der Waals surface area (Å²) in [6, 6.07) is 15.1. The summed E-state index contributed by atoms with van der Waals surface area (Å²) in [6.07, 6.45) is 1.96. The summed E-state index contributed by atoms with van der Waals surface area (Å²) in [6.45, 7) is 4.18. The predicted molar refractivity (Wildman–Crippen MR) is 83.7 cm³/mol. The van der Waals surface area contributed by atoms with Crippen molar-refractivity contribution in [3.8, 4) is 6.07 Å². The van der Waals surface area contributed by atoms with Crippen LogP contribution >= 0.6 is 0 Å². The van der Waals surface area contributed by atoms with Gasteiger partial charge in [-0.25, -0.2) is 4.39 Å². The van der Waals surface area contributed by atoms with Crippen LogP contribution in [0.15, 0.2) is 42.5 Å². The summed E-state index contributed by atoms with van der Waals surface area (Å²) >= 11 is 0. The van der Waals surface area contributed by atoms with Gasteiger partial charge in [-0.15, -0.1) is 0 Å². The van der Waals surface area contributed by atoms with Crippen LogP contribution in [-0.2, 0) is 6.42 Å². The Hall–Kier alpha value is -2.34. The summed E-state index contributed by atoms with van der Waals surface area (Å²) in [4.78, 5) is 0. The van der Waals surface area contributed by atoms with Crippen molar-refractivity contribution in [1.29, 1.82) is 5.26 Å². The van der Waals surface area contributed by atoms with Gasteiger partial charge in [-0.2, -0.15) is 5.26 Å². The molecule has 0 aliphatic rings. The number of halogens is 1. The summed E-state index contributed by atoms with van der Waals surface area (Å²) < 4.78 is 13.3. The topological polar surface area (TPSA) is 35.8 Å². The maximum absolute atomic E-state index is 13.3. The van der Waals surface area contributed by atoms with Crippen LogP contribution in [0.25, 0.3) is 0 Å². The fourth-order valence-electron chi connectivity index (χ4n) is 2.31. The molecule has 0 radical (unpaired) electrons. The molecule has 0 bridgehead atoms. The molecular formula is C18H19FN2. The summed E-state index contributed by atoms with van der Waals surface area (Å²) in [7, 11) is 0. The van der Waals surface area contributed by atoms with Crippen LogP contribution in [0.1, 0.15) is 30.0 Å². The molecule has 0 saturated heterocycles. The zero-order valence-electron chi connectivity index (χ0n) is 12.4. The second-order valence-corrected chi connectivity index (χ2v) is 5.38. The molecule has 108 valence electrons. The lowest BCUT2D eigenvalue weighted by molar-refractivity contribution is 0.623. The van der Waals surface area contributed by atoms with Crippen LogP contribution in [0, 0.1) is 24.1 Å². The number of nitrogens with zero attached hydrogens (tertiary/aromatic N) is 1. The van der Waals surface area contributed by atoms with Crippen molar-refractivity contribution in [3.05, 3.63) is 65.0 Å². The van der Waals surface area contributed by atoms with Crippen molar-refractivity contribution in [2.24, 2.45) is 0 Å². The predicted octanol–water partition coefficient (Wildman–Crippen LogP) is 4.44. The quantitative estimate of drug-likeness (QED) is 0.880. The van der Waals surface area contributed by atoms with Gasteiger partial charge in [-0.05, 0) is 50.5 Å². The molecule has 2 aromatic rings. The van der Waals surface area contributed by atoms with E-state index in [1.807, 2.05) is 6.07 Å². The van der Waals surface area contributed by atoms with Crippen molar-refractivity contribution in [2.45, 2.75) is 32.7 Å². The molecule has 0 saturated carbocycles. The SMILES string of the molecule is Cc1cccc(CCC(C)Nc2ccc(F)c(C#N)c2)c1. The first-order valence-corrected chi connectivity index (χ1v) is 7.10. The highest BCUT2D eigenvalue weighted by Gasteiger charge is 2.06. The summed E-state index contributed by atoms with van der Waals surface area (Å²) in [5.41, 5.74) is 3.45. The normalized spacial score (nSPS) is 11.7. The van der Waals surface area contributed by atoms with Gasteiger partial charge in [-0.3, -0.25) is 0 Å². The molecule has 2 aromatic carbocycles. The Kier molecular flexibility index (Phi) is 4.94. The Morgan fingerprint density at radius 1 is 1.24 bits per heavy atom. The van der Waals surface area contributed by atoms with E-state index in [2.05, 4.69) is 43.4 Å². The van der Waals surface area contributed by atoms with E-state index in [9.17, 15) is 4.39 Å². The van der Waals surface area contributed by atoms with Gasteiger partial charge in [0.25, 0.3) is 0 Å². The second-order valence-electron chi connectivity index (χ2n) is 5.38. The molecule has 0 amide bonds. The number of hydrogen-bond donors (Lipinski definition) is 1. The van der Waals surface area contributed by atoms with Gasteiger partial charge in [0.05, 0.1) is 5.56 Å². The zero-order chi connectivity index (χ0) is 15.2. The average molecular weight is 282 g/mol. The third kappa shape index (κ3) is 4.32. The summed E-state index contributed by atoms with van der Waals surface area (Å²) in [5, 5.41) is 12.1. The van der Waals surface area contributed by atoms with Gasteiger partial charge in [0.1, 0.15) is 11.9 Å². The molecule has 0 heterocycles. The molecule has 2 rings (SSSR count). The lowest BCUT2D eigenvalue weighted by atomic mass is 10.0. The van der Waals surface area contributed by atoms with Crippen molar-refractivity contribution in [2.75, 3.05) is 5.32 Å². The van der Waals surface area contributed by atoms with Crippen molar-refractivity contribution in [3.63, 3.8) is 0 Å². The fraction of sp³-hybridized carbons (Fsp3) is 0.278. The first-order chi connectivity index (χ1) is 10.1. The largest absolute Gasteiger partial charge is 0.383 e. The van der Waals surface area contributed by atoms with Crippen LogP contribution in [0.2, 0.25) is 0 Å². The Bertz CT molecular complexity index is 659. The van der Waals surface area contributed by atoms with E-state index in [0.717, 1.165) is 18.5 Å². The van der Waals surface area contributed by atoms with Crippen molar-refractivity contribution in [1.82, 2.24) is 0 Å². The minimum atomic E-state index is -0.476. The number of anilines is 1. The van der Waals surface area contributed by atoms with Gasteiger partial charge < -0.3 is 5.32 Å². The highest BCUT2D eigenvalue weighted by Crippen LogP contribution is 2.16. The lowest BCUT2D eigenvalue weighted by Crippen LogP contribution is -2.16. The summed E-state index contributed by atoms with van der Waals surface area (Å²) in [5.74, 6) is -0.476. The van der Waals surface area contributed by atoms with Gasteiger partial charge in [0, 0.05) is 11.7 Å². The van der Waals surface area contributed by atoms with Crippen LogP contribution in [-0.4, -0.2) is 6.04 Å². The van der Waals surface area contributed by atoms with E-state index in [0.29, 0.717) is 0 Å². The van der Waals surface area contributed by atoms with Gasteiger partial charge in [-0.1, -0.05) is 29.8 Å². The number of nitriles is 1. The second kappa shape index (κ2) is 6.90. The molecule has 21 heavy (non-hydrogen) atoms. The van der Waals surface area contributed by atoms with Crippen LogP contribution in [0.5, 0.6) is 0 Å². The van der Waals surface area contributed by atoms with E-state index in [4.69, 9.17) is 5.26 Å². The van der Waals surface area contributed by atoms with Crippen molar-refractivity contribution >= 4 is 5.69 Å². The Labute approximate surface area is 125 Å². The van der Waals surface area contributed by atoms with E-state index in [1.165, 1.54) is 17.2 Å². The molecule has 0 fully saturated rings. The third-order valence-corrected chi connectivity index (χ3v) is 3.45. The molecule has 3 heteroatoms. The number of rotatable bonds is 5. The molecule has 0 spiro atoms. The van der Waals surface area contributed by atoms with E-state index < -0.39 is 5.82 Å². The van der Waals surface area contributed by atoms with Gasteiger partial charge in [0.15, 0.2) is 0 Å². The monoisotopic (exact) mass is 282 g/mol. The fourth-order valence-corrected chi connectivity index (χ4v) is 2.31. The minimum absolute atomic E-state index is 0.0749. The van der Waals surface area contributed by atoms with Gasteiger partial charge >= 0.3 is 0 Å². The molecule has 1 N–H and O–H groups in total. The molecule has 1 atom stereocenters. The number of nitrogens with one attached hydrogen (secondary N) is 1.